The van der Waals surface area contributed by atoms with Crippen LogP contribution >= 0.6 is 0 Å². The van der Waals surface area contributed by atoms with Crippen molar-refractivity contribution < 1.29 is 4.79 Å². The molecule has 0 spiro atoms. The summed E-state index contributed by atoms with van der Waals surface area (Å²) in [5.41, 5.74) is 10.8. The van der Waals surface area contributed by atoms with Gasteiger partial charge >= 0.3 is 0 Å². The number of benzene rings is 1. The fourth-order valence-electron chi connectivity index (χ4n) is 4.28. The van der Waals surface area contributed by atoms with E-state index in [0.29, 0.717) is 18.3 Å². The number of imidazole rings is 1. The van der Waals surface area contributed by atoms with Crippen LogP contribution in [0, 0.1) is 11.8 Å². The van der Waals surface area contributed by atoms with Gasteiger partial charge in [0.2, 0.25) is 0 Å². The standard InChI is InChI=1S/C26H29N3O/c1-18(26(30)25(27)15-24-16-28-17-29-24)19-7-9-22(10-8-19)23-13-11-21(12-14-23)20-5-3-2-4-6-20/h2-9,11,13-14,16-18,21-22,25H,10,12,15,27H2,1H3,(H,28,29)/t18?,21?,22?,25-/m0/s1. The SMILES string of the molecule is CC(C(=O)[C@@H](N)Cc1cnc[nH]1)C1=CCC(C2=CCC(c3ccccc3)C=C2)C=C1. The van der Waals surface area contributed by atoms with Crippen molar-refractivity contribution in [3.05, 3.63) is 102 Å². The fourth-order valence-corrected chi connectivity index (χ4v) is 4.28. The number of hydrogen-bond donors (Lipinski definition) is 2. The highest BCUT2D eigenvalue weighted by molar-refractivity contribution is 5.89. The molecular formula is C26H29N3O. The quantitative estimate of drug-likeness (QED) is 0.711. The van der Waals surface area contributed by atoms with Crippen LogP contribution < -0.4 is 5.73 Å². The number of ketones is 1. The molecule has 0 aliphatic heterocycles. The van der Waals surface area contributed by atoms with Gasteiger partial charge in [-0.1, -0.05) is 73.7 Å². The van der Waals surface area contributed by atoms with Crippen molar-refractivity contribution in [3.8, 4) is 0 Å². The number of carbonyl (C=O) groups is 1. The van der Waals surface area contributed by atoms with Crippen molar-refractivity contribution in [2.24, 2.45) is 17.6 Å². The summed E-state index contributed by atoms with van der Waals surface area (Å²) in [5, 5.41) is 0. The second-order valence-electron chi connectivity index (χ2n) is 8.23. The third-order valence-corrected chi connectivity index (χ3v) is 6.20. The first-order valence-corrected chi connectivity index (χ1v) is 10.7. The Hall–Kier alpha value is -2.98. The van der Waals surface area contributed by atoms with E-state index in [4.69, 9.17) is 5.73 Å². The summed E-state index contributed by atoms with van der Waals surface area (Å²) in [7, 11) is 0. The maximum Gasteiger partial charge on any atom is 0.157 e. The minimum atomic E-state index is -0.522. The number of Topliss-reactive ketones (excluding diaryl/α,β-unsaturated/α-hetero) is 1. The highest BCUT2D eigenvalue weighted by Crippen LogP contribution is 2.33. The van der Waals surface area contributed by atoms with Crippen LogP contribution in [0.5, 0.6) is 0 Å². The van der Waals surface area contributed by atoms with Gasteiger partial charge in [-0.2, -0.15) is 0 Å². The van der Waals surface area contributed by atoms with Gasteiger partial charge in [-0.25, -0.2) is 4.98 Å². The van der Waals surface area contributed by atoms with E-state index in [2.05, 4.69) is 76.8 Å². The molecule has 30 heavy (non-hydrogen) atoms. The molecule has 3 N–H and O–H groups in total. The van der Waals surface area contributed by atoms with Crippen molar-refractivity contribution in [1.82, 2.24) is 9.97 Å². The third-order valence-electron chi connectivity index (χ3n) is 6.20. The zero-order valence-electron chi connectivity index (χ0n) is 17.4. The Kier molecular flexibility index (Phi) is 6.24. The first-order valence-electron chi connectivity index (χ1n) is 10.7. The average Bonchev–Trinajstić information content (AvgIpc) is 3.32. The molecule has 154 valence electrons. The van der Waals surface area contributed by atoms with Crippen LogP contribution in [0.25, 0.3) is 0 Å². The van der Waals surface area contributed by atoms with Crippen LogP contribution in [0.2, 0.25) is 0 Å². The van der Waals surface area contributed by atoms with Gasteiger partial charge in [0.15, 0.2) is 5.78 Å². The lowest BCUT2D eigenvalue weighted by molar-refractivity contribution is -0.122. The van der Waals surface area contributed by atoms with Crippen LogP contribution in [-0.4, -0.2) is 21.8 Å². The predicted octanol–water partition coefficient (Wildman–Crippen LogP) is 4.66. The average molecular weight is 400 g/mol. The number of nitrogens with zero attached hydrogens (tertiary/aromatic N) is 1. The second kappa shape index (κ2) is 9.23. The van der Waals surface area contributed by atoms with E-state index in [1.165, 1.54) is 11.1 Å². The van der Waals surface area contributed by atoms with Crippen molar-refractivity contribution in [2.75, 3.05) is 0 Å². The molecule has 1 aromatic carbocycles. The summed E-state index contributed by atoms with van der Waals surface area (Å²) in [4.78, 5) is 19.8. The minimum Gasteiger partial charge on any atom is -0.348 e. The molecule has 0 saturated carbocycles. The van der Waals surface area contributed by atoms with Gasteiger partial charge in [0.25, 0.3) is 0 Å². The highest BCUT2D eigenvalue weighted by Gasteiger charge is 2.25. The van der Waals surface area contributed by atoms with Gasteiger partial charge in [-0.05, 0) is 29.6 Å². The topological polar surface area (TPSA) is 71.8 Å². The number of aromatic nitrogens is 2. The summed E-state index contributed by atoms with van der Waals surface area (Å²) < 4.78 is 0. The molecule has 0 radical (unpaired) electrons. The Labute approximate surface area is 178 Å². The number of aromatic amines is 1. The molecule has 0 bridgehead atoms. The number of nitrogens with one attached hydrogen (secondary N) is 1. The van der Waals surface area contributed by atoms with Crippen molar-refractivity contribution in [3.63, 3.8) is 0 Å². The molecule has 4 atom stereocenters. The van der Waals surface area contributed by atoms with Crippen LogP contribution in [0.4, 0.5) is 0 Å². The monoisotopic (exact) mass is 399 g/mol. The third kappa shape index (κ3) is 4.60. The van der Waals surface area contributed by atoms with Crippen molar-refractivity contribution in [2.45, 2.75) is 38.1 Å². The Morgan fingerprint density at radius 2 is 1.90 bits per heavy atom. The lowest BCUT2D eigenvalue weighted by Gasteiger charge is -2.24. The predicted molar refractivity (Wildman–Crippen MR) is 121 cm³/mol. The smallest absolute Gasteiger partial charge is 0.157 e. The summed E-state index contributed by atoms with van der Waals surface area (Å²) >= 11 is 0. The van der Waals surface area contributed by atoms with Crippen molar-refractivity contribution in [1.29, 1.82) is 0 Å². The molecule has 2 aromatic rings. The Bertz CT molecular complexity index is 983. The number of H-pyrrole nitrogens is 1. The molecule has 0 saturated heterocycles. The van der Waals surface area contributed by atoms with E-state index in [1.807, 2.05) is 6.92 Å². The number of hydrogen-bond acceptors (Lipinski definition) is 3. The normalized spacial score (nSPS) is 22.9. The molecule has 4 nitrogen and oxygen atoms in total. The fraction of sp³-hybridized carbons (Fsp3) is 0.308. The van der Waals surface area contributed by atoms with Gasteiger partial charge < -0.3 is 10.7 Å². The summed E-state index contributed by atoms with van der Waals surface area (Å²) in [6.07, 6.45) is 19.3. The maximum atomic E-state index is 12.8. The first-order chi connectivity index (χ1) is 14.6. The van der Waals surface area contributed by atoms with Crippen LogP contribution in [0.1, 0.15) is 36.9 Å². The first kappa shape index (κ1) is 20.3. The van der Waals surface area contributed by atoms with Gasteiger partial charge in [0.1, 0.15) is 0 Å². The number of nitrogens with two attached hydrogens (primary N) is 1. The Balaban J connectivity index is 1.33. The lowest BCUT2D eigenvalue weighted by atomic mass is 9.81. The molecule has 3 unspecified atom stereocenters. The van der Waals surface area contributed by atoms with Crippen LogP contribution in [0.15, 0.2) is 90.5 Å². The van der Waals surface area contributed by atoms with Crippen molar-refractivity contribution >= 4 is 5.78 Å². The maximum absolute atomic E-state index is 12.8. The zero-order chi connectivity index (χ0) is 20.9. The molecule has 4 heteroatoms. The molecule has 0 amide bonds. The van der Waals surface area contributed by atoms with Gasteiger partial charge in [0, 0.05) is 36.1 Å². The number of carbonyl (C=O) groups excluding carboxylic acids is 1. The summed E-state index contributed by atoms with van der Waals surface area (Å²) in [5.74, 6) is 0.713. The number of rotatable bonds is 7. The van der Waals surface area contributed by atoms with Gasteiger partial charge in [0.05, 0.1) is 12.4 Å². The Morgan fingerprint density at radius 1 is 1.13 bits per heavy atom. The molecule has 2 aliphatic carbocycles. The van der Waals surface area contributed by atoms with Crippen LogP contribution in [0.3, 0.4) is 0 Å². The van der Waals surface area contributed by atoms with E-state index in [9.17, 15) is 4.79 Å². The van der Waals surface area contributed by atoms with E-state index >= 15 is 0 Å². The summed E-state index contributed by atoms with van der Waals surface area (Å²) in [6, 6.07) is 10.1. The highest BCUT2D eigenvalue weighted by atomic mass is 16.1. The molecule has 1 aromatic heterocycles. The second-order valence-corrected chi connectivity index (χ2v) is 8.23. The lowest BCUT2D eigenvalue weighted by Crippen LogP contribution is -2.37. The molecule has 1 heterocycles. The van der Waals surface area contributed by atoms with E-state index in [-0.39, 0.29) is 11.7 Å². The molecular weight excluding hydrogens is 370 g/mol. The van der Waals surface area contributed by atoms with E-state index < -0.39 is 6.04 Å². The van der Waals surface area contributed by atoms with E-state index in [1.54, 1.807) is 12.5 Å². The van der Waals surface area contributed by atoms with Crippen LogP contribution in [-0.2, 0) is 11.2 Å². The minimum absolute atomic E-state index is 0.0708. The van der Waals surface area contributed by atoms with Gasteiger partial charge in [-0.3, -0.25) is 4.79 Å². The molecule has 4 rings (SSSR count). The number of allylic oxidation sites excluding steroid dienone is 8. The van der Waals surface area contributed by atoms with E-state index in [0.717, 1.165) is 24.1 Å². The largest absolute Gasteiger partial charge is 0.348 e. The van der Waals surface area contributed by atoms with Gasteiger partial charge in [-0.15, -0.1) is 0 Å². The Morgan fingerprint density at radius 3 is 2.53 bits per heavy atom. The molecule has 2 aliphatic rings. The molecule has 0 fully saturated rings. The summed E-state index contributed by atoms with van der Waals surface area (Å²) in [6.45, 7) is 1.95. The zero-order valence-corrected chi connectivity index (χ0v) is 17.4.